The van der Waals surface area contributed by atoms with Gasteiger partial charge in [0.15, 0.2) is 24.7 Å². The average molecular weight is 569 g/mol. The lowest BCUT2D eigenvalue weighted by atomic mass is 10.2. The number of esters is 1. The summed E-state index contributed by atoms with van der Waals surface area (Å²) in [6, 6.07) is 11.1. The maximum Gasteiger partial charge on any atom is 0.344 e. The van der Waals surface area contributed by atoms with Crippen LogP contribution in [0.15, 0.2) is 46.0 Å². The number of rotatable bonds is 11. The number of nitrogens with one attached hydrogen (secondary N) is 1. The molecule has 34 heavy (non-hydrogen) atoms. The predicted octanol–water partition coefficient (Wildman–Crippen LogP) is 4.41. The number of halogens is 1. The van der Waals surface area contributed by atoms with Crippen LogP contribution in [0.25, 0.3) is 0 Å². The van der Waals surface area contributed by atoms with Gasteiger partial charge in [0.25, 0.3) is 5.91 Å². The first-order chi connectivity index (χ1) is 16.5. The molecule has 8 nitrogen and oxygen atoms in total. The van der Waals surface area contributed by atoms with Crippen LogP contribution in [0.5, 0.6) is 17.2 Å². The molecule has 182 valence electrons. The van der Waals surface area contributed by atoms with E-state index in [4.69, 9.17) is 18.9 Å². The lowest BCUT2D eigenvalue weighted by Crippen LogP contribution is -2.24. The number of amides is 1. The van der Waals surface area contributed by atoms with Crippen molar-refractivity contribution in [3.8, 4) is 17.2 Å². The summed E-state index contributed by atoms with van der Waals surface area (Å²) in [5, 5.41) is 3.97. The number of hydrogen-bond acceptors (Lipinski definition) is 9. The largest absolute Gasteiger partial charge is 0.493 e. The van der Waals surface area contributed by atoms with Gasteiger partial charge in [-0.15, -0.1) is 23.5 Å². The van der Waals surface area contributed by atoms with Crippen LogP contribution in [0, 0.1) is 0 Å². The summed E-state index contributed by atoms with van der Waals surface area (Å²) in [5.41, 5.74) is 4.33. The molecule has 1 N–H and O–H groups in total. The minimum atomic E-state index is -0.473. The normalized spacial score (nSPS) is 13.6. The maximum atomic E-state index is 12.1. The zero-order valence-corrected chi connectivity index (χ0v) is 22.0. The van der Waals surface area contributed by atoms with E-state index in [-0.39, 0.29) is 25.7 Å². The molecule has 0 aromatic heterocycles. The second kappa shape index (κ2) is 13.5. The number of thioether (sulfide) groups is 2. The molecule has 1 heterocycles. The van der Waals surface area contributed by atoms with E-state index in [0.29, 0.717) is 31.9 Å². The summed E-state index contributed by atoms with van der Waals surface area (Å²) in [7, 11) is 1.48. The molecule has 0 bridgehead atoms. The van der Waals surface area contributed by atoms with Gasteiger partial charge in [-0.3, -0.25) is 4.79 Å². The Balaban J connectivity index is 1.49. The standard InChI is InChI=1S/C23H25BrN2O6S2/c1-3-30-22(28)14-32-20-11-18(24)16(10-19(20)29-2)12-25-26-21(27)13-31-17-6-4-15(5-7-17)23-33-8-9-34-23/h4-7,10-12,23H,3,8-9,13-14H2,1-2H3,(H,26,27)/b25-12-. The third kappa shape index (κ3) is 7.85. The number of ether oxygens (including phenoxy) is 4. The number of hydrogen-bond donors (Lipinski definition) is 1. The van der Waals surface area contributed by atoms with E-state index in [9.17, 15) is 9.59 Å². The zero-order valence-electron chi connectivity index (χ0n) is 18.7. The highest BCUT2D eigenvalue weighted by Crippen LogP contribution is 2.45. The summed E-state index contributed by atoms with van der Waals surface area (Å²) in [4.78, 5) is 23.6. The van der Waals surface area contributed by atoms with Crippen molar-refractivity contribution in [3.63, 3.8) is 0 Å². The van der Waals surface area contributed by atoms with Crippen LogP contribution in [-0.2, 0) is 14.3 Å². The molecule has 0 spiro atoms. The Morgan fingerprint density at radius 1 is 1.12 bits per heavy atom. The lowest BCUT2D eigenvalue weighted by molar-refractivity contribution is -0.145. The van der Waals surface area contributed by atoms with Crippen LogP contribution >= 0.6 is 39.5 Å². The summed E-state index contributed by atoms with van der Waals surface area (Å²) in [6.07, 6.45) is 1.46. The Labute approximate surface area is 215 Å². The minimum absolute atomic E-state index is 0.158. The quantitative estimate of drug-likeness (QED) is 0.242. The average Bonchev–Trinajstić information content (AvgIpc) is 3.38. The van der Waals surface area contributed by atoms with Gasteiger partial charge in [-0.05, 0) is 52.7 Å². The van der Waals surface area contributed by atoms with Crippen molar-refractivity contribution < 1.29 is 28.5 Å². The summed E-state index contributed by atoms with van der Waals surface area (Å²) < 4.78 is 22.3. The van der Waals surface area contributed by atoms with E-state index in [2.05, 4.69) is 26.5 Å². The highest BCUT2D eigenvalue weighted by Gasteiger charge is 2.18. The molecule has 0 aliphatic carbocycles. The molecule has 0 unspecified atom stereocenters. The Hall–Kier alpha value is -2.37. The number of carbonyl (C=O) groups excluding carboxylic acids is 2. The monoisotopic (exact) mass is 568 g/mol. The van der Waals surface area contributed by atoms with Crippen LogP contribution in [-0.4, -0.2) is 56.5 Å². The molecule has 1 aliphatic rings. The summed E-state index contributed by atoms with van der Waals surface area (Å²) in [5.74, 6) is 2.88. The van der Waals surface area contributed by atoms with Gasteiger partial charge in [0.2, 0.25) is 0 Å². The number of nitrogens with zero attached hydrogens (tertiary/aromatic N) is 1. The van der Waals surface area contributed by atoms with Gasteiger partial charge >= 0.3 is 5.97 Å². The van der Waals surface area contributed by atoms with Crippen molar-refractivity contribution in [3.05, 3.63) is 52.0 Å². The molecule has 2 aromatic carbocycles. The van der Waals surface area contributed by atoms with Crippen molar-refractivity contribution >= 4 is 57.5 Å². The molecule has 0 radical (unpaired) electrons. The molecule has 3 rings (SSSR count). The van der Waals surface area contributed by atoms with Crippen molar-refractivity contribution in [2.45, 2.75) is 11.5 Å². The Morgan fingerprint density at radius 2 is 1.85 bits per heavy atom. The molecule has 2 aromatic rings. The molecule has 1 saturated heterocycles. The zero-order chi connectivity index (χ0) is 24.3. The van der Waals surface area contributed by atoms with Crippen molar-refractivity contribution in [1.82, 2.24) is 5.43 Å². The Morgan fingerprint density at radius 3 is 2.53 bits per heavy atom. The first kappa shape index (κ1) is 26.2. The fraction of sp³-hybridized carbons (Fsp3) is 0.348. The Kier molecular flexibility index (Phi) is 10.4. The smallest absolute Gasteiger partial charge is 0.344 e. The maximum absolute atomic E-state index is 12.1. The van der Waals surface area contributed by atoms with Gasteiger partial charge in [-0.25, -0.2) is 10.2 Å². The van der Waals surface area contributed by atoms with E-state index in [1.54, 1.807) is 19.1 Å². The highest BCUT2D eigenvalue weighted by molar-refractivity contribution is 9.10. The molecule has 11 heteroatoms. The molecule has 1 fully saturated rings. The van der Waals surface area contributed by atoms with Gasteiger partial charge in [-0.2, -0.15) is 5.10 Å². The number of methoxy groups -OCH3 is 1. The SMILES string of the molecule is CCOC(=O)COc1cc(Br)c(/C=N\NC(=O)COc2ccc(C3SCCS3)cc2)cc1OC. The number of benzene rings is 2. The van der Waals surface area contributed by atoms with E-state index >= 15 is 0 Å². The molecular weight excluding hydrogens is 544 g/mol. The second-order valence-corrected chi connectivity index (χ2v) is 10.4. The van der Waals surface area contributed by atoms with Crippen molar-refractivity contribution in [1.29, 1.82) is 0 Å². The van der Waals surface area contributed by atoms with Gasteiger partial charge in [-0.1, -0.05) is 12.1 Å². The van der Waals surface area contributed by atoms with Crippen LogP contribution < -0.4 is 19.6 Å². The summed E-state index contributed by atoms with van der Waals surface area (Å²) in [6.45, 7) is 1.61. The Bertz CT molecular complexity index is 1010. The van der Waals surface area contributed by atoms with Crippen LogP contribution in [0.2, 0.25) is 0 Å². The van der Waals surface area contributed by atoms with E-state index in [0.717, 1.165) is 0 Å². The second-order valence-electron chi connectivity index (χ2n) is 6.84. The fourth-order valence-electron chi connectivity index (χ4n) is 2.89. The molecule has 1 amide bonds. The van der Waals surface area contributed by atoms with Gasteiger partial charge in [0.1, 0.15) is 5.75 Å². The molecule has 0 saturated carbocycles. The molecule has 1 aliphatic heterocycles. The lowest BCUT2D eigenvalue weighted by Gasteiger charge is -2.12. The van der Waals surface area contributed by atoms with E-state index in [1.807, 2.05) is 47.8 Å². The van der Waals surface area contributed by atoms with Crippen molar-refractivity contribution in [2.24, 2.45) is 5.10 Å². The number of carbonyl (C=O) groups is 2. The van der Waals surface area contributed by atoms with Crippen LogP contribution in [0.4, 0.5) is 0 Å². The fourth-order valence-corrected chi connectivity index (χ4v) is 6.17. The van der Waals surface area contributed by atoms with Gasteiger partial charge < -0.3 is 18.9 Å². The third-order valence-electron chi connectivity index (χ3n) is 4.47. The minimum Gasteiger partial charge on any atom is -0.493 e. The third-order valence-corrected chi connectivity index (χ3v) is 8.26. The van der Waals surface area contributed by atoms with Gasteiger partial charge in [0.05, 0.1) is 24.5 Å². The number of hydrazone groups is 1. The first-order valence-corrected chi connectivity index (χ1v) is 13.3. The van der Waals surface area contributed by atoms with Crippen LogP contribution in [0.3, 0.4) is 0 Å². The van der Waals surface area contributed by atoms with Crippen molar-refractivity contribution in [2.75, 3.05) is 38.4 Å². The first-order valence-electron chi connectivity index (χ1n) is 10.4. The predicted molar refractivity (Wildman–Crippen MR) is 138 cm³/mol. The highest BCUT2D eigenvalue weighted by atomic mass is 79.9. The van der Waals surface area contributed by atoms with Crippen LogP contribution in [0.1, 0.15) is 22.6 Å². The van der Waals surface area contributed by atoms with Gasteiger partial charge in [0, 0.05) is 21.5 Å². The summed E-state index contributed by atoms with van der Waals surface area (Å²) >= 11 is 7.31. The van der Waals surface area contributed by atoms with E-state index < -0.39 is 5.97 Å². The molecule has 0 atom stereocenters. The topological polar surface area (TPSA) is 95.5 Å². The van der Waals surface area contributed by atoms with E-state index in [1.165, 1.54) is 30.4 Å². The molecular formula is C23H25BrN2O6S2.